The van der Waals surface area contributed by atoms with Gasteiger partial charge in [0.15, 0.2) is 17.3 Å². The average molecular weight is 429 g/mol. The first-order chi connectivity index (χ1) is 15.0. The van der Waals surface area contributed by atoms with Crippen LogP contribution in [0.4, 0.5) is 0 Å². The molecule has 0 spiro atoms. The predicted octanol–water partition coefficient (Wildman–Crippen LogP) is 4.06. The maximum absolute atomic E-state index is 13.0. The van der Waals surface area contributed by atoms with E-state index in [1.165, 1.54) is 0 Å². The molecule has 1 N–H and O–H groups in total. The maximum Gasteiger partial charge on any atom is 0.197 e. The Labute approximate surface area is 186 Å². The minimum absolute atomic E-state index is 0.125. The SMILES string of the molecule is CCN(CC)CCOc1cccc(C(=O)c2cccc(OCCN(CC)CC)c2O)c1. The minimum atomic E-state index is -0.263. The molecule has 0 fully saturated rings. The molecule has 0 amide bonds. The number of hydrogen-bond acceptors (Lipinski definition) is 6. The highest BCUT2D eigenvalue weighted by atomic mass is 16.5. The summed E-state index contributed by atoms with van der Waals surface area (Å²) in [6.45, 7) is 14.9. The number of carbonyl (C=O) groups excluding carboxylic acids is 1. The number of likely N-dealkylation sites (N-methyl/N-ethyl adjacent to an activating group) is 2. The molecule has 0 radical (unpaired) electrons. The number of benzene rings is 2. The van der Waals surface area contributed by atoms with E-state index in [2.05, 4.69) is 37.5 Å². The summed E-state index contributed by atoms with van der Waals surface area (Å²) in [6, 6.07) is 12.1. The fourth-order valence-corrected chi connectivity index (χ4v) is 3.36. The standard InChI is InChI=1S/C25H36N2O4/c1-5-26(6-2)15-17-30-21-12-9-11-20(19-21)24(28)22-13-10-14-23(25(22)29)31-18-16-27(7-3)8-4/h9-14,19,29H,5-8,15-18H2,1-4H3. The molecule has 0 aliphatic heterocycles. The van der Waals surface area contributed by atoms with Crippen LogP contribution in [0.1, 0.15) is 43.6 Å². The number of nitrogens with zero attached hydrogens (tertiary/aromatic N) is 2. The Bertz CT molecular complexity index is 817. The van der Waals surface area contributed by atoms with Crippen LogP contribution in [0.15, 0.2) is 42.5 Å². The number of hydrogen-bond donors (Lipinski definition) is 1. The van der Waals surface area contributed by atoms with Gasteiger partial charge in [-0.25, -0.2) is 0 Å². The predicted molar refractivity (Wildman–Crippen MR) is 125 cm³/mol. The first kappa shape index (κ1) is 24.7. The van der Waals surface area contributed by atoms with E-state index in [9.17, 15) is 9.90 Å². The topological polar surface area (TPSA) is 62.2 Å². The van der Waals surface area contributed by atoms with Crippen molar-refractivity contribution < 1.29 is 19.4 Å². The summed E-state index contributed by atoms with van der Waals surface area (Å²) in [5, 5.41) is 10.6. The fraction of sp³-hybridized carbons (Fsp3) is 0.480. The van der Waals surface area contributed by atoms with Crippen LogP contribution in [0.25, 0.3) is 0 Å². The van der Waals surface area contributed by atoms with Crippen molar-refractivity contribution in [2.24, 2.45) is 0 Å². The lowest BCUT2D eigenvalue weighted by Crippen LogP contribution is -2.28. The Morgan fingerprint density at radius 1 is 0.839 bits per heavy atom. The summed E-state index contributed by atoms with van der Waals surface area (Å²) in [4.78, 5) is 17.5. The Morgan fingerprint density at radius 3 is 2.03 bits per heavy atom. The molecule has 0 unspecified atom stereocenters. The van der Waals surface area contributed by atoms with Gasteiger partial charge >= 0.3 is 0 Å². The number of phenolic OH excluding ortho intramolecular Hbond substituents is 1. The van der Waals surface area contributed by atoms with E-state index in [4.69, 9.17) is 9.47 Å². The quantitative estimate of drug-likeness (QED) is 0.458. The second-order valence-electron chi connectivity index (χ2n) is 7.26. The molecule has 2 rings (SSSR count). The summed E-state index contributed by atoms with van der Waals surface area (Å²) in [6.07, 6.45) is 0. The zero-order chi connectivity index (χ0) is 22.6. The molecule has 0 aliphatic carbocycles. The van der Waals surface area contributed by atoms with Crippen LogP contribution in [0.2, 0.25) is 0 Å². The van der Waals surface area contributed by atoms with Gasteiger partial charge in [-0.3, -0.25) is 4.79 Å². The maximum atomic E-state index is 13.0. The highest BCUT2D eigenvalue weighted by molar-refractivity contribution is 6.11. The van der Waals surface area contributed by atoms with Gasteiger partial charge in [0.1, 0.15) is 19.0 Å². The number of rotatable bonds is 14. The van der Waals surface area contributed by atoms with Crippen LogP contribution in [0, 0.1) is 0 Å². The van der Waals surface area contributed by atoms with Gasteiger partial charge in [-0.2, -0.15) is 0 Å². The molecule has 0 saturated heterocycles. The van der Waals surface area contributed by atoms with Crippen molar-refractivity contribution in [1.29, 1.82) is 0 Å². The van der Waals surface area contributed by atoms with Gasteiger partial charge in [-0.1, -0.05) is 45.9 Å². The molecule has 6 nitrogen and oxygen atoms in total. The van der Waals surface area contributed by atoms with E-state index in [1.807, 2.05) is 6.07 Å². The Balaban J connectivity index is 2.05. The molecule has 2 aromatic rings. The van der Waals surface area contributed by atoms with Crippen LogP contribution < -0.4 is 9.47 Å². The average Bonchev–Trinajstić information content (AvgIpc) is 2.80. The number of ketones is 1. The van der Waals surface area contributed by atoms with Crippen molar-refractivity contribution in [3.63, 3.8) is 0 Å². The summed E-state index contributed by atoms with van der Waals surface area (Å²) in [5.74, 6) is 0.578. The summed E-state index contributed by atoms with van der Waals surface area (Å²) in [7, 11) is 0. The third-order valence-electron chi connectivity index (χ3n) is 5.47. The van der Waals surface area contributed by atoms with E-state index >= 15 is 0 Å². The normalized spacial score (nSPS) is 11.2. The van der Waals surface area contributed by atoms with Gasteiger partial charge in [0.05, 0.1) is 5.56 Å². The molecule has 0 saturated carbocycles. The lowest BCUT2D eigenvalue weighted by Gasteiger charge is -2.18. The van der Waals surface area contributed by atoms with E-state index < -0.39 is 0 Å². The number of ether oxygens (including phenoxy) is 2. The van der Waals surface area contributed by atoms with Crippen LogP contribution in [-0.4, -0.2) is 73.2 Å². The lowest BCUT2D eigenvalue weighted by molar-refractivity contribution is 0.103. The van der Waals surface area contributed by atoms with Gasteiger partial charge in [-0.05, 0) is 50.4 Å². The Hall–Kier alpha value is -2.57. The van der Waals surface area contributed by atoms with Crippen LogP contribution in [0.3, 0.4) is 0 Å². The number of para-hydroxylation sites is 1. The molecule has 31 heavy (non-hydrogen) atoms. The monoisotopic (exact) mass is 428 g/mol. The first-order valence-electron chi connectivity index (χ1n) is 11.2. The van der Waals surface area contributed by atoms with E-state index in [-0.39, 0.29) is 17.1 Å². The van der Waals surface area contributed by atoms with Gasteiger partial charge in [0, 0.05) is 18.7 Å². The molecule has 2 aromatic carbocycles. The molecule has 0 aliphatic rings. The molecule has 0 aromatic heterocycles. The minimum Gasteiger partial charge on any atom is -0.504 e. The third-order valence-corrected chi connectivity index (χ3v) is 5.47. The molecule has 0 bridgehead atoms. The molecule has 0 heterocycles. The van der Waals surface area contributed by atoms with Crippen molar-refractivity contribution >= 4 is 5.78 Å². The smallest absolute Gasteiger partial charge is 0.197 e. The fourth-order valence-electron chi connectivity index (χ4n) is 3.36. The van der Waals surface area contributed by atoms with Gasteiger partial charge in [0.2, 0.25) is 0 Å². The van der Waals surface area contributed by atoms with Crippen LogP contribution in [-0.2, 0) is 0 Å². The van der Waals surface area contributed by atoms with Crippen molar-refractivity contribution in [3.8, 4) is 17.2 Å². The summed E-state index contributed by atoms with van der Waals surface area (Å²) < 4.78 is 11.6. The Morgan fingerprint density at radius 2 is 1.42 bits per heavy atom. The lowest BCUT2D eigenvalue weighted by atomic mass is 10.0. The second kappa shape index (κ2) is 13.0. The summed E-state index contributed by atoms with van der Waals surface area (Å²) >= 11 is 0. The number of phenols is 1. The van der Waals surface area contributed by atoms with Gasteiger partial charge < -0.3 is 24.4 Å². The molecule has 170 valence electrons. The largest absolute Gasteiger partial charge is 0.504 e. The molecular weight excluding hydrogens is 392 g/mol. The molecule has 6 heteroatoms. The van der Waals surface area contributed by atoms with Crippen molar-refractivity contribution in [1.82, 2.24) is 9.80 Å². The Kier molecular flexibility index (Phi) is 10.3. The third kappa shape index (κ3) is 7.26. The second-order valence-corrected chi connectivity index (χ2v) is 7.26. The first-order valence-corrected chi connectivity index (χ1v) is 11.2. The highest BCUT2D eigenvalue weighted by Gasteiger charge is 2.17. The molecular formula is C25H36N2O4. The molecule has 0 atom stereocenters. The summed E-state index contributed by atoms with van der Waals surface area (Å²) in [5.41, 5.74) is 0.691. The van der Waals surface area contributed by atoms with Crippen molar-refractivity contribution in [3.05, 3.63) is 53.6 Å². The van der Waals surface area contributed by atoms with Crippen LogP contribution in [0.5, 0.6) is 17.2 Å². The van der Waals surface area contributed by atoms with Gasteiger partial charge in [-0.15, -0.1) is 0 Å². The van der Waals surface area contributed by atoms with Crippen LogP contribution >= 0.6 is 0 Å². The zero-order valence-corrected chi connectivity index (χ0v) is 19.3. The number of aromatic hydroxyl groups is 1. The highest BCUT2D eigenvalue weighted by Crippen LogP contribution is 2.31. The van der Waals surface area contributed by atoms with E-state index in [0.717, 1.165) is 39.3 Å². The zero-order valence-electron chi connectivity index (χ0n) is 19.3. The van der Waals surface area contributed by atoms with Crippen molar-refractivity contribution in [2.75, 3.05) is 52.5 Å². The number of carbonyl (C=O) groups is 1. The van der Waals surface area contributed by atoms with E-state index in [0.29, 0.717) is 30.3 Å². The van der Waals surface area contributed by atoms with Gasteiger partial charge in [0.25, 0.3) is 0 Å². The van der Waals surface area contributed by atoms with Crippen molar-refractivity contribution in [2.45, 2.75) is 27.7 Å². The van der Waals surface area contributed by atoms with E-state index in [1.54, 1.807) is 36.4 Å².